The fraction of sp³-hybridized carbons (Fsp3) is 0.778. The maximum absolute atomic E-state index is 11.5. The van der Waals surface area contributed by atoms with Crippen molar-refractivity contribution in [1.82, 2.24) is 4.90 Å². The molecule has 0 saturated heterocycles. The molecule has 0 aromatic heterocycles. The number of amides is 1. The first kappa shape index (κ1) is 12.9. The average Bonchev–Trinajstić information content (AvgIpc) is 2.16. The maximum Gasteiger partial charge on any atom is 0.325 e. The number of rotatable bonds is 5. The van der Waals surface area contributed by atoms with Gasteiger partial charge in [0.1, 0.15) is 6.54 Å². The van der Waals surface area contributed by atoms with Crippen molar-refractivity contribution in [2.24, 2.45) is 11.7 Å². The van der Waals surface area contributed by atoms with Crippen LogP contribution in [0.3, 0.4) is 0 Å². The third kappa shape index (κ3) is 4.23. The van der Waals surface area contributed by atoms with E-state index < -0.39 is 5.97 Å². The van der Waals surface area contributed by atoms with Crippen LogP contribution in [0.15, 0.2) is 0 Å². The van der Waals surface area contributed by atoms with Crippen molar-refractivity contribution < 1.29 is 14.3 Å². The van der Waals surface area contributed by atoms with E-state index in [4.69, 9.17) is 5.73 Å². The number of hydrogen-bond acceptors (Lipinski definition) is 4. The Balaban J connectivity index is 4.04. The summed E-state index contributed by atoms with van der Waals surface area (Å²) in [7, 11) is 2.87. The molecule has 1 unspecified atom stereocenters. The number of nitrogens with zero attached hydrogens (tertiary/aromatic N) is 1. The summed E-state index contributed by atoms with van der Waals surface area (Å²) >= 11 is 0. The molecule has 0 saturated carbocycles. The van der Waals surface area contributed by atoms with Gasteiger partial charge >= 0.3 is 5.97 Å². The SMILES string of the molecule is COC(=O)CN(C)C(=O)C(C)CCN. The lowest BCUT2D eigenvalue weighted by Crippen LogP contribution is -2.36. The number of nitrogens with two attached hydrogens (primary N) is 1. The standard InChI is InChI=1S/C9H18N2O3/c1-7(4-5-10)9(13)11(2)6-8(12)14-3/h7H,4-6,10H2,1-3H3. The van der Waals surface area contributed by atoms with Gasteiger partial charge in [0.05, 0.1) is 7.11 Å². The highest BCUT2D eigenvalue weighted by Gasteiger charge is 2.18. The van der Waals surface area contributed by atoms with Crippen LogP contribution >= 0.6 is 0 Å². The van der Waals surface area contributed by atoms with E-state index in [1.807, 2.05) is 0 Å². The molecule has 5 heteroatoms. The first-order valence-electron chi connectivity index (χ1n) is 4.54. The molecular weight excluding hydrogens is 184 g/mol. The van der Waals surface area contributed by atoms with Crippen LogP contribution in [0.4, 0.5) is 0 Å². The summed E-state index contributed by atoms with van der Waals surface area (Å²) in [6.45, 7) is 2.26. The van der Waals surface area contributed by atoms with Crippen molar-refractivity contribution in [2.75, 3.05) is 27.2 Å². The monoisotopic (exact) mass is 202 g/mol. The number of esters is 1. The van der Waals surface area contributed by atoms with E-state index in [1.54, 1.807) is 14.0 Å². The molecule has 82 valence electrons. The molecule has 14 heavy (non-hydrogen) atoms. The topological polar surface area (TPSA) is 72.6 Å². The number of ether oxygens (including phenoxy) is 1. The molecule has 0 bridgehead atoms. The minimum absolute atomic E-state index is 0.00968. The Kier molecular flexibility index (Phi) is 5.87. The van der Waals surface area contributed by atoms with Gasteiger partial charge in [-0.2, -0.15) is 0 Å². The number of methoxy groups -OCH3 is 1. The van der Waals surface area contributed by atoms with Crippen molar-refractivity contribution >= 4 is 11.9 Å². The van der Waals surface area contributed by atoms with E-state index in [9.17, 15) is 9.59 Å². The van der Waals surface area contributed by atoms with Crippen LogP contribution in [0.25, 0.3) is 0 Å². The average molecular weight is 202 g/mol. The maximum atomic E-state index is 11.5. The van der Waals surface area contributed by atoms with Gasteiger partial charge in [-0.1, -0.05) is 6.92 Å². The molecule has 5 nitrogen and oxygen atoms in total. The molecule has 1 amide bonds. The zero-order valence-corrected chi connectivity index (χ0v) is 8.95. The predicted molar refractivity (Wildman–Crippen MR) is 52.5 cm³/mol. The summed E-state index contributed by atoms with van der Waals surface area (Å²) in [6.07, 6.45) is 0.629. The minimum atomic E-state index is -0.416. The minimum Gasteiger partial charge on any atom is -0.468 e. The Hall–Kier alpha value is -1.10. The zero-order chi connectivity index (χ0) is 11.1. The smallest absolute Gasteiger partial charge is 0.325 e. The first-order valence-corrected chi connectivity index (χ1v) is 4.54. The summed E-state index contributed by atoms with van der Waals surface area (Å²) in [6, 6.07) is 0. The Morgan fingerprint density at radius 2 is 2.07 bits per heavy atom. The van der Waals surface area contributed by atoms with Gasteiger partial charge in [0.2, 0.25) is 5.91 Å². The molecule has 0 aliphatic rings. The fourth-order valence-corrected chi connectivity index (χ4v) is 1.09. The normalized spacial score (nSPS) is 12.0. The van der Waals surface area contributed by atoms with Crippen LogP contribution in [0, 0.1) is 5.92 Å². The molecule has 1 atom stereocenters. The van der Waals surface area contributed by atoms with Crippen LogP contribution < -0.4 is 5.73 Å². The van der Waals surface area contributed by atoms with E-state index in [0.29, 0.717) is 13.0 Å². The zero-order valence-electron chi connectivity index (χ0n) is 8.95. The molecule has 0 fully saturated rings. The molecule has 0 aliphatic carbocycles. The lowest BCUT2D eigenvalue weighted by atomic mass is 10.1. The van der Waals surface area contributed by atoms with Crippen molar-refractivity contribution in [3.05, 3.63) is 0 Å². The van der Waals surface area contributed by atoms with Gasteiger partial charge in [-0.3, -0.25) is 9.59 Å². The predicted octanol–water partition coefficient (Wildman–Crippen LogP) is -0.397. The van der Waals surface area contributed by atoms with E-state index in [1.165, 1.54) is 12.0 Å². The van der Waals surface area contributed by atoms with E-state index >= 15 is 0 Å². The van der Waals surface area contributed by atoms with Gasteiger partial charge in [0.25, 0.3) is 0 Å². The summed E-state index contributed by atoms with van der Waals surface area (Å²) in [4.78, 5) is 23.8. The summed E-state index contributed by atoms with van der Waals surface area (Å²) in [5.41, 5.74) is 5.33. The van der Waals surface area contributed by atoms with Gasteiger partial charge in [-0.05, 0) is 13.0 Å². The van der Waals surface area contributed by atoms with Gasteiger partial charge < -0.3 is 15.4 Å². The fourth-order valence-electron chi connectivity index (χ4n) is 1.09. The second-order valence-electron chi connectivity index (χ2n) is 3.25. The second kappa shape index (κ2) is 6.37. The molecule has 0 aliphatic heterocycles. The third-order valence-electron chi connectivity index (χ3n) is 1.99. The van der Waals surface area contributed by atoms with Crippen LogP contribution in [-0.2, 0) is 14.3 Å². The van der Waals surface area contributed by atoms with Crippen molar-refractivity contribution in [3.8, 4) is 0 Å². The van der Waals surface area contributed by atoms with Crippen LogP contribution in [0.1, 0.15) is 13.3 Å². The highest BCUT2D eigenvalue weighted by Crippen LogP contribution is 2.04. The van der Waals surface area contributed by atoms with Gasteiger partial charge in [0.15, 0.2) is 0 Å². The summed E-state index contributed by atoms with van der Waals surface area (Å²) in [5.74, 6) is -0.642. The highest BCUT2D eigenvalue weighted by atomic mass is 16.5. The van der Waals surface area contributed by atoms with Crippen LogP contribution in [0.2, 0.25) is 0 Å². The number of hydrogen-bond donors (Lipinski definition) is 1. The van der Waals surface area contributed by atoms with Gasteiger partial charge in [-0.15, -0.1) is 0 Å². The highest BCUT2D eigenvalue weighted by molar-refractivity contribution is 5.83. The molecule has 0 spiro atoms. The lowest BCUT2D eigenvalue weighted by Gasteiger charge is -2.19. The molecule has 2 N–H and O–H groups in total. The largest absolute Gasteiger partial charge is 0.468 e. The van der Waals surface area contributed by atoms with Crippen molar-refractivity contribution in [2.45, 2.75) is 13.3 Å². The number of carbonyl (C=O) groups excluding carboxylic acids is 2. The van der Waals surface area contributed by atoms with E-state index in [2.05, 4.69) is 4.74 Å². The Bertz CT molecular complexity index is 206. The number of likely N-dealkylation sites (N-methyl/N-ethyl adjacent to an activating group) is 1. The third-order valence-corrected chi connectivity index (χ3v) is 1.99. The Labute approximate surface area is 84.2 Å². The number of carbonyl (C=O) groups is 2. The van der Waals surface area contributed by atoms with Crippen molar-refractivity contribution in [3.63, 3.8) is 0 Å². The van der Waals surface area contributed by atoms with Gasteiger partial charge in [-0.25, -0.2) is 0 Å². The van der Waals surface area contributed by atoms with Crippen LogP contribution in [0.5, 0.6) is 0 Å². The molecule has 0 aromatic carbocycles. The van der Waals surface area contributed by atoms with E-state index in [-0.39, 0.29) is 18.4 Å². The Morgan fingerprint density at radius 3 is 2.50 bits per heavy atom. The van der Waals surface area contributed by atoms with E-state index in [0.717, 1.165) is 0 Å². The second-order valence-corrected chi connectivity index (χ2v) is 3.25. The molecule has 0 radical (unpaired) electrons. The van der Waals surface area contributed by atoms with Gasteiger partial charge in [0, 0.05) is 13.0 Å². The molecule has 0 rings (SSSR count). The molecule has 0 aromatic rings. The summed E-state index contributed by atoms with van der Waals surface area (Å²) < 4.78 is 4.45. The molecule has 0 heterocycles. The first-order chi connectivity index (χ1) is 6.52. The quantitative estimate of drug-likeness (QED) is 0.616. The molecular formula is C9H18N2O3. The lowest BCUT2D eigenvalue weighted by molar-refractivity contribution is -0.147. The summed E-state index contributed by atoms with van der Waals surface area (Å²) in [5, 5.41) is 0. The van der Waals surface area contributed by atoms with Crippen LogP contribution in [-0.4, -0.2) is 44.0 Å². The Morgan fingerprint density at radius 1 is 1.50 bits per heavy atom. The van der Waals surface area contributed by atoms with Crippen molar-refractivity contribution in [1.29, 1.82) is 0 Å².